The summed E-state index contributed by atoms with van der Waals surface area (Å²) in [4.78, 5) is 4.66. The molecule has 0 amide bonds. The Morgan fingerprint density at radius 2 is 2.19 bits per heavy atom. The number of hydrogen-bond donors (Lipinski definition) is 1. The summed E-state index contributed by atoms with van der Waals surface area (Å²) in [5.74, 6) is 0.822. The van der Waals surface area contributed by atoms with E-state index in [9.17, 15) is 0 Å². The summed E-state index contributed by atoms with van der Waals surface area (Å²) in [6.45, 7) is 8.16. The van der Waals surface area contributed by atoms with E-state index in [4.69, 9.17) is 4.74 Å². The molecule has 0 fully saturated rings. The number of nitrogens with one attached hydrogen (secondary N) is 1. The second-order valence-electron chi connectivity index (χ2n) is 5.00. The van der Waals surface area contributed by atoms with Crippen LogP contribution >= 0.6 is 11.3 Å². The van der Waals surface area contributed by atoms with Crippen LogP contribution in [-0.4, -0.2) is 28.4 Å². The first-order chi connectivity index (χ1) is 10.2. The monoisotopic (exact) mass is 308 g/mol. The molecule has 0 spiro atoms. The third-order valence-electron chi connectivity index (χ3n) is 3.30. The van der Waals surface area contributed by atoms with Gasteiger partial charge in [0.25, 0.3) is 0 Å². The molecule has 0 saturated carbocycles. The lowest BCUT2D eigenvalue weighted by molar-refractivity contribution is 0.396. The Kier molecular flexibility index (Phi) is 5.76. The van der Waals surface area contributed by atoms with Crippen LogP contribution in [0.15, 0.2) is 11.6 Å². The molecule has 2 heterocycles. The highest BCUT2D eigenvalue weighted by Crippen LogP contribution is 2.30. The molecule has 0 aliphatic heterocycles. The van der Waals surface area contributed by atoms with E-state index >= 15 is 0 Å². The molecule has 1 N–H and O–H groups in total. The van der Waals surface area contributed by atoms with E-state index in [1.807, 2.05) is 11.6 Å². The maximum atomic E-state index is 5.51. The van der Waals surface area contributed by atoms with Crippen molar-refractivity contribution in [2.45, 2.75) is 46.2 Å². The summed E-state index contributed by atoms with van der Waals surface area (Å²) in [6, 6.07) is 0.0268. The summed E-state index contributed by atoms with van der Waals surface area (Å²) in [7, 11) is 1.69. The number of aromatic nitrogens is 3. The summed E-state index contributed by atoms with van der Waals surface area (Å²) >= 11 is 1.67. The predicted octanol–water partition coefficient (Wildman–Crippen LogP) is 3.16. The maximum Gasteiger partial charge on any atom is 0.161 e. The van der Waals surface area contributed by atoms with Gasteiger partial charge in [0.15, 0.2) is 5.75 Å². The molecule has 0 aliphatic rings. The zero-order valence-electron chi connectivity index (χ0n) is 13.2. The first-order valence-electron chi connectivity index (χ1n) is 7.46. The lowest BCUT2D eigenvalue weighted by Gasteiger charge is -2.19. The molecule has 2 aromatic heterocycles. The van der Waals surface area contributed by atoms with Crippen molar-refractivity contribution in [2.75, 3.05) is 13.7 Å². The smallest absolute Gasteiger partial charge is 0.161 e. The van der Waals surface area contributed by atoms with Crippen molar-refractivity contribution in [1.82, 2.24) is 20.1 Å². The Hall–Kier alpha value is -1.40. The molecule has 1 atom stereocenters. The van der Waals surface area contributed by atoms with Gasteiger partial charge >= 0.3 is 0 Å². The molecule has 2 aromatic rings. The highest BCUT2D eigenvalue weighted by atomic mass is 32.1. The number of hydrogen-bond acceptors (Lipinski definition) is 5. The van der Waals surface area contributed by atoms with Gasteiger partial charge in [-0.05, 0) is 26.3 Å². The van der Waals surface area contributed by atoms with Gasteiger partial charge in [0.1, 0.15) is 5.69 Å². The molecule has 0 saturated heterocycles. The fourth-order valence-corrected chi connectivity index (χ4v) is 3.00. The van der Waals surface area contributed by atoms with Crippen molar-refractivity contribution >= 4 is 11.3 Å². The number of ether oxygens (including phenoxy) is 1. The van der Waals surface area contributed by atoms with Crippen LogP contribution in [0, 0.1) is 6.92 Å². The van der Waals surface area contributed by atoms with Gasteiger partial charge in [0.05, 0.1) is 30.1 Å². The quantitative estimate of drug-likeness (QED) is 0.814. The highest BCUT2D eigenvalue weighted by Gasteiger charge is 2.24. The minimum atomic E-state index is 0.0268. The number of nitrogens with zero attached hydrogens (tertiary/aromatic N) is 3. The molecule has 0 aliphatic carbocycles. The minimum Gasteiger partial charge on any atom is -0.493 e. The van der Waals surface area contributed by atoms with Crippen LogP contribution in [0.3, 0.4) is 0 Å². The molecule has 6 heteroatoms. The summed E-state index contributed by atoms with van der Waals surface area (Å²) in [6.07, 6.45) is 3.91. The van der Waals surface area contributed by atoms with Gasteiger partial charge in [0, 0.05) is 11.9 Å². The van der Waals surface area contributed by atoms with Crippen molar-refractivity contribution in [3.63, 3.8) is 0 Å². The normalized spacial score (nSPS) is 12.6. The fraction of sp³-hybridized carbons (Fsp3) is 0.600. The Morgan fingerprint density at radius 3 is 2.76 bits per heavy atom. The summed E-state index contributed by atoms with van der Waals surface area (Å²) in [5.41, 5.74) is 2.11. The SMILES string of the molecule is CCCNC(c1csc(C)n1)c1c(OC)cnn1CCC. The van der Waals surface area contributed by atoms with E-state index in [0.29, 0.717) is 0 Å². The molecule has 1 unspecified atom stereocenters. The molecule has 5 nitrogen and oxygen atoms in total. The second kappa shape index (κ2) is 7.56. The van der Waals surface area contributed by atoms with Crippen molar-refractivity contribution < 1.29 is 4.74 Å². The van der Waals surface area contributed by atoms with E-state index in [-0.39, 0.29) is 6.04 Å². The molecule has 0 aromatic carbocycles. The van der Waals surface area contributed by atoms with Crippen LogP contribution in [0.4, 0.5) is 0 Å². The van der Waals surface area contributed by atoms with Gasteiger partial charge in [-0.3, -0.25) is 4.68 Å². The zero-order valence-corrected chi connectivity index (χ0v) is 14.0. The predicted molar refractivity (Wildman–Crippen MR) is 86.1 cm³/mol. The highest BCUT2D eigenvalue weighted by molar-refractivity contribution is 7.09. The average molecular weight is 308 g/mol. The van der Waals surface area contributed by atoms with E-state index in [1.54, 1.807) is 24.6 Å². The van der Waals surface area contributed by atoms with Gasteiger partial charge in [0.2, 0.25) is 0 Å². The van der Waals surface area contributed by atoms with Gasteiger partial charge in [-0.25, -0.2) is 4.98 Å². The average Bonchev–Trinajstić information content (AvgIpc) is 3.07. The minimum absolute atomic E-state index is 0.0268. The molecule has 116 valence electrons. The second-order valence-corrected chi connectivity index (χ2v) is 6.06. The van der Waals surface area contributed by atoms with Crippen LogP contribution in [0.25, 0.3) is 0 Å². The van der Waals surface area contributed by atoms with Gasteiger partial charge in [-0.1, -0.05) is 13.8 Å². The number of rotatable bonds is 8. The molecule has 0 radical (unpaired) electrons. The topological polar surface area (TPSA) is 52.0 Å². The van der Waals surface area contributed by atoms with Crippen molar-refractivity contribution in [3.8, 4) is 5.75 Å². The van der Waals surface area contributed by atoms with Crippen molar-refractivity contribution in [2.24, 2.45) is 0 Å². The Bertz CT molecular complexity index is 564. The summed E-state index contributed by atoms with van der Waals surface area (Å²) < 4.78 is 7.54. The Morgan fingerprint density at radius 1 is 1.38 bits per heavy atom. The third-order valence-corrected chi connectivity index (χ3v) is 4.10. The summed E-state index contributed by atoms with van der Waals surface area (Å²) in [5, 5.41) is 11.2. The van der Waals surface area contributed by atoms with Crippen molar-refractivity contribution in [1.29, 1.82) is 0 Å². The van der Waals surface area contributed by atoms with Gasteiger partial charge in [-0.2, -0.15) is 5.10 Å². The van der Waals surface area contributed by atoms with E-state index in [0.717, 1.165) is 48.1 Å². The maximum absolute atomic E-state index is 5.51. The van der Waals surface area contributed by atoms with E-state index < -0.39 is 0 Å². The molecular weight excluding hydrogens is 284 g/mol. The Balaban J connectivity index is 2.42. The standard InChI is InChI=1S/C15H24N4OS/c1-5-7-16-14(12-10-21-11(3)18-12)15-13(20-4)9-17-19(15)8-6-2/h9-10,14,16H,5-8H2,1-4H3. The third kappa shape index (κ3) is 3.63. The zero-order chi connectivity index (χ0) is 15.2. The number of aryl methyl sites for hydroxylation is 2. The largest absolute Gasteiger partial charge is 0.493 e. The van der Waals surface area contributed by atoms with Crippen LogP contribution in [0.1, 0.15) is 49.1 Å². The van der Waals surface area contributed by atoms with Crippen LogP contribution in [0.5, 0.6) is 5.75 Å². The number of methoxy groups -OCH3 is 1. The van der Waals surface area contributed by atoms with Crippen LogP contribution in [-0.2, 0) is 6.54 Å². The lowest BCUT2D eigenvalue weighted by Crippen LogP contribution is -2.26. The fourth-order valence-electron chi connectivity index (χ4n) is 2.36. The molecule has 21 heavy (non-hydrogen) atoms. The van der Waals surface area contributed by atoms with Crippen molar-refractivity contribution in [3.05, 3.63) is 28.0 Å². The molecular formula is C15H24N4OS. The molecule has 0 bridgehead atoms. The lowest BCUT2D eigenvalue weighted by atomic mass is 10.1. The Labute approximate surface area is 130 Å². The van der Waals surface area contributed by atoms with E-state index in [1.165, 1.54) is 0 Å². The van der Waals surface area contributed by atoms with Gasteiger partial charge in [-0.15, -0.1) is 11.3 Å². The number of thiazole rings is 1. The first-order valence-corrected chi connectivity index (χ1v) is 8.34. The van der Waals surface area contributed by atoms with Crippen LogP contribution in [0.2, 0.25) is 0 Å². The van der Waals surface area contributed by atoms with E-state index in [2.05, 4.69) is 34.6 Å². The van der Waals surface area contributed by atoms with Gasteiger partial charge < -0.3 is 10.1 Å². The van der Waals surface area contributed by atoms with Crippen LogP contribution < -0.4 is 10.1 Å². The first kappa shape index (κ1) is 16.0. The molecule has 2 rings (SSSR count).